The van der Waals surface area contributed by atoms with Gasteiger partial charge < -0.3 is 9.80 Å². The van der Waals surface area contributed by atoms with Crippen molar-refractivity contribution in [2.45, 2.75) is 32.9 Å². The zero-order valence-corrected chi connectivity index (χ0v) is 14.1. The van der Waals surface area contributed by atoms with Gasteiger partial charge in [0.15, 0.2) is 0 Å². The van der Waals surface area contributed by atoms with Gasteiger partial charge in [-0.3, -0.25) is 14.3 Å². The number of para-hydroxylation sites is 1. The molecule has 0 saturated carbocycles. The molecule has 2 aromatic rings. The summed E-state index contributed by atoms with van der Waals surface area (Å²) in [6.45, 7) is 3.39. The molecule has 1 aliphatic heterocycles. The van der Waals surface area contributed by atoms with Crippen LogP contribution in [0.1, 0.15) is 24.5 Å². The van der Waals surface area contributed by atoms with E-state index in [2.05, 4.69) is 5.10 Å². The number of carbonyl (C=O) groups is 2. The fourth-order valence-electron chi connectivity index (χ4n) is 2.95. The van der Waals surface area contributed by atoms with E-state index >= 15 is 0 Å². The van der Waals surface area contributed by atoms with Gasteiger partial charge in [0.05, 0.1) is 6.20 Å². The summed E-state index contributed by atoms with van der Waals surface area (Å²) in [7, 11) is 1.76. The zero-order chi connectivity index (χ0) is 17.1. The van der Waals surface area contributed by atoms with Gasteiger partial charge in [0.1, 0.15) is 6.54 Å². The molecular formula is C18H22N4O2. The van der Waals surface area contributed by atoms with E-state index in [1.54, 1.807) is 23.0 Å². The van der Waals surface area contributed by atoms with E-state index in [0.717, 1.165) is 29.8 Å². The Morgan fingerprint density at radius 3 is 2.83 bits per heavy atom. The normalized spacial score (nSPS) is 13.8. The van der Waals surface area contributed by atoms with Crippen LogP contribution in [0.5, 0.6) is 0 Å². The fourth-order valence-corrected chi connectivity index (χ4v) is 2.95. The van der Waals surface area contributed by atoms with Gasteiger partial charge in [0.25, 0.3) is 0 Å². The molecule has 0 fully saturated rings. The molecule has 6 nitrogen and oxygen atoms in total. The number of nitrogens with zero attached hydrogens (tertiary/aromatic N) is 4. The lowest BCUT2D eigenvalue weighted by Crippen LogP contribution is -2.43. The first-order valence-corrected chi connectivity index (χ1v) is 8.22. The number of benzene rings is 1. The maximum atomic E-state index is 12.6. The summed E-state index contributed by atoms with van der Waals surface area (Å²) in [6, 6.07) is 7.79. The van der Waals surface area contributed by atoms with E-state index in [-0.39, 0.29) is 18.4 Å². The second-order valence-corrected chi connectivity index (χ2v) is 6.06. The van der Waals surface area contributed by atoms with Crippen LogP contribution in [0, 0.1) is 0 Å². The molecule has 0 unspecified atom stereocenters. The SMILES string of the molecule is CCn1cc(CN(C)C(=O)CN2C(=O)CCc3ccccc32)cn1. The lowest BCUT2D eigenvalue weighted by atomic mass is 10.0. The van der Waals surface area contributed by atoms with Crippen LogP contribution >= 0.6 is 0 Å². The minimum Gasteiger partial charge on any atom is -0.340 e. The molecule has 0 saturated heterocycles. The molecule has 2 amide bonds. The molecule has 3 rings (SSSR count). The average Bonchev–Trinajstić information content (AvgIpc) is 3.05. The van der Waals surface area contributed by atoms with Gasteiger partial charge in [-0.1, -0.05) is 18.2 Å². The summed E-state index contributed by atoms with van der Waals surface area (Å²) in [4.78, 5) is 28.1. The number of carbonyl (C=O) groups excluding carboxylic acids is 2. The van der Waals surface area contributed by atoms with Crippen molar-refractivity contribution < 1.29 is 9.59 Å². The highest BCUT2D eigenvalue weighted by atomic mass is 16.2. The topological polar surface area (TPSA) is 58.4 Å². The Bertz CT molecular complexity index is 753. The van der Waals surface area contributed by atoms with Crippen LogP contribution in [0.2, 0.25) is 0 Å². The second-order valence-electron chi connectivity index (χ2n) is 6.06. The third kappa shape index (κ3) is 3.32. The van der Waals surface area contributed by atoms with E-state index in [9.17, 15) is 9.59 Å². The largest absolute Gasteiger partial charge is 0.340 e. The third-order valence-electron chi connectivity index (χ3n) is 4.34. The van der Waals surface area contributed by atoms with Gasteiger partial charge in [0, 0.05) is 44.0 Å². The lowest BCUT2D eigenvalue weighted by molar-refractivity contribution is -0.130. The minimum atomic E-state index is -0.0794. The molecule has 0 aliphatic carbocycles. The summed E-state index contributed by atoms with van der Waals surface area (Å²) >= 11 is 0. The van der Waals surface area contributed by atoms with Crippen molar-refractivity contribution in [2.75, 3.05) is 18.5 Å². The highest BCUT2D eigenvalue weighted by molar-refractivity contribution is 6.00. The minimum absolute atomic E-state index is 0.00857. The molecule has 1 aromatic carbocycles. The molecule has 2 heterocycles. The Morgan fingerprint density at radius 2 is 2.08 bits per heavy atom. The van der Waals surface area contributed by atoms with Gasteiger partial charge in [0.2, 0.25) is 11.8 Å². The first kappa shape index (κ1) is 16.2. The summed E-state index contributed by atoms with van der Waals surface area (Å²) in [5, 5.41) is 4.22. The van der Waals surface area contributed by atoms with Crippen molar-refractivity contribution in [1.29, 1.82) is 0 Å². The Labute approximate surface area is 141 Å². The van der Waals surface area contributed by atoms with E-state index in [1.807, 2.05) is 42.1 Å². The van der Waals surface area contributed by atoms with Gasteiger partial charge in [-0.05, 0) is 25.0 Å². The Balaban J connectivity index is 1.68. The maximum absolute atomic E-state index is 12.6. The number of amides is 2. The second kappa shape index (κ2) is 6.86. The van der Waals surface area contributed by atoms with Crippen LogP contribution in [0.4, 0.5) is 5.69 Å². The molecule has 126 valence electrons. The van der Waals surface area contributed by atoms with Crippen LogP contribution in [0.25, 0.3) is 0 Å². The van der Waals surface area contributed by atoms with Crippen LogP contribution in [-0.4, -0.2) is 40.1 Å². The molecule has 1 aliphatic rings. The van der Waals surface area contributed by atoms with Crippen LogP contribution in [0.3, 0.4) is 0 Å². The fraction of sp³-hybridized carbons (Fsp3) is 0.389. The average molecular weight is 326 g/mol. The smallest absolute Gasteiger partial charge is 0.242 e. The first-order chi connectivity index (χ1) is 11.6. The summed E-state index contributed by atoms with van der Waals surface area (Å²) in [5.41, 5.74) is 2.96. The molecule has 0 bridgehead atoms. The van der Waals surface area contributed by atoms with Crippen LogP contribution in [0.15, 0.2) is 36.7 Å². The predicted molar refractivity (Wildman–Crippen MR) is 91.5 cm³/mol. The van der Waals surface area contributed by atoms with Crippen molar-refractivity contribution in [1.82, 2.24) is 14.7 Å². The summed E-state index contributed by atoms with van der Waals surface area (Å²) in [6.07, 6.45) is 4.91. The highest BCUT2D eigenvalue weighted by Crippen LogP contribution is 2.27. The maximum Gasteiger partial charge on any atom is 0.242 e. The number of hydrogen-bond acceptors (Lipinski definition) is 3. The number of likely N-dealkylation sites (N-methyl/N-ethyl adjacent to an activating group) is 1. The molecule has 0 spiro atoms. The third-order valence-corrected chi connectivity index (χ3v) is 4.34. The highest BCUT2D eigenvalue weighted by Gasteiger charge is 2.26. The van der Waals surface area contributed by atoms with Gasteiger partial charge in [-0.15, -0.1) is 0 Å². The zero-order valence-electron chi connectivity index (χ0n) is 14.1. The van der Waals surface area contributed by atoms with E-state index in [1.165, 1.54) is 0 Å². The summed E-state index contributed by atoms with van der Waals surface area (Å²) in [5.74, 6) is -0.0708. The number of rotatable bonds is 5. The van der Waals surface area contributed by atoms with Crippen molar-refractivity contribution in [3.63, 3.8) is 0 Å². The molecule has 0 N–H and O–H groups in total. The number of aromatic nitrogens is 2. The van der Waals surface area contributed by atoms with Crippen LogP contribution in [-0.2, 0) is 29.1 Å². The van der Waals surface area contributed by atoms with Gasteiger partial charge in [-0.2, -0.15) is 5.10 Å². The Morgan fingerprint density at radius 1 is 1.29 bits per heavy atom. The van der Waals surface area contributed by atoms with Crippen molar-refractivity contribution in [3.05, 3.63) is 47.8 Å². The first-order valence-electron chi connectivity index (χ1n) is 8.22. The molecule has 24 heavy (non-hydrogen) atoms. The molecule has 6 heteroatoms. The Hall–Kier alpha value is -2.63. The van der Waals surface area contributed by atoms with Crippen molar-refractivity contribution >= 4 is 17.5 Å². The number of fused-ring (bicyclic) bond motifs is 1. The van der Waals surface area contributed by atoms with Gasteiger partial charge in [-0.25, -0.2) is 0 Å². The number of aryl methyl sites for hydroxylation is 2. The van der Waals surface area contributed by atoms with E-state index < -0.39 is 0 Å². The Kier molecular flexibility index (Phi) is 4.64. The quantitative estimate of drug-likeness (QED) is 0.842. The molecule has 1 aromatic heterocycles. The van der Waals surface area contributed by atoms with Gasteiger partial charge >= 0.3 is 0 Å². The van der Waals surface area contributed by atoms with E-state index in [0.29, 0.717) is 13.0 Å². The van der Waals surface area contributed by atoms with E-state index in [4.69, 9.17) is 0 Å². The number of anilines is 1. The van der Waals surface area contributed by atoms with Crippen molar-refractivity contribution in [2.24, 2.45) is 0 Å². The number of hydrogen-bond donors (Lipinski definition) is 0. The standard InChI is InChI=1S/C18H22N4O2/c1-3-21-12-14(10-19-21)11-20(2)18(24)13-22-16-7-5-4-6-15(16)8-9-17(22)23/h4-7,10,12H,3,8-9,11,13H2,1-2H3. The molecular weight excluding hydrogens is 304 g/mol. The molecule has 0 radical (unpaired) electrons. The van der Waals surface area contributed by atoms with Crippen molar-refractivity contribution in [3.8, 4) is 0 Å². The summed E-state index contributed by atoms with van der Waals surface area (Å²) < 4.78 is 1.83. The predicted octanol–water partition coefficient (Wildman–Crippen LogP) is 1.84. The molecule has 0 atom stereocenters. The van der Waals surface area contributed by atoms with Crippen LogP contribution < -0.4 is 4.90 Å². The lowest BCUT2D eigenvalue weighted by Gasteiger charge is -2.30. The monoisotopic (exact) mass is 326 g/mol.